The Bertz CT molecular complexity index is 655. The summed E-state index contributed by atoms with van der Waals surface area (Å²) in [4.78, 5) is 4.28. The van der Waals surface area contributed by atoms with Crippen molar-refractivity contribution in [2.75, 3.05) is 13.1 Å². The highest BCUT2D eigenvalue weighted by Gasteiger charge is 2.26. The lowest BCUT2D eigenvalue weighted by Gasteiger charge is -2.12. The van der Waals surface area contributed by atoms with Crippen molar-refractivity contribution in [1.82, 2.24) is 20.4 Å². The van der Waals surface area contributed by atoms with Crippen molar-refractivity contribution in [2.24, 2.45) is 4.99 Å². The molecule has 2 N–H and O–H groups in total. The van der Waals surface area contributed by atoms with E-state index in [0.717, 1.165) is 11.3 Å². The van der Waals surface area contributed by atoms with E-state index in [2.05, 4.69) is 20.7 Å². The van der Waals surface area contributed by atoms with Crippen LogP contribution in [-0.4, -0.2) is 35.0 Å². The molecule has 0 bridgehead atoms. The van der Waals surface area contributed by atoms with Gasteiger partial charge in [0.25, 0.3) is 0 Å². The summed E-state index contributed by atoms with van der Waals surface area (Å²) in [5.41, 5.74) is 1.80. The topological polar surface area (TPSA) is 54.2 Å². The normalized spacial score (nSPS) is 11.8. The van der Waals surface area contributed by atoms with Gasteiger partial charge in [-0.2, -0.15) is 18.3 Å². The van der Waals surface area contributed by atoms with Crippen molar-refractivity contribution in [2.45, 2.75) is 26.1 Å². The van der Waals surface area contributed by atoms with Crippen LogP contribution in [0.25, 0.3) is 5.69 Å². The molecule has 0 fully saturated rings. The van der Waals surface area contributed by atoms with Gasteiger partial charge in [-0.3, -0.25) is 0 Å². The number of nitrogens with one attached hydrogen (secondary N) is 2. The van der Waals surface area contributed by atoms with Gasteiger partial charge in [0.1, 0.15) is 0 Å². The second kappa shape index (κ2) is 10.3. The number of benzene rings is 1. The van der Waals surface area contributed by atoms with Crippen molar-refractivity contribution in [3.05, 3.63) is 48.3 Å². The summed E-state index contributed by atoms with van der Waals surface area (Å²) in [6.07, 6.45) is -1.54. The average Bonchev–Trinajstić information content (AvgIpc) is 3.01. The van der Waals surface area contributed by atoms with E-state index >= 15 is 0 Å². The minimum Gasteiger partial charge on any atom is -0.357 e. The molecule has 0 aliphatic rings. The van der Waals surface area contributed by atoms with Crippen LogP contribution < -0.4 is 10.6 Å². The van der Waals surface area contributed by atoms with Crippen molar-refractivity contribution < 1.29 is 13.2 Å². The molecule has 5 nitrogen and oxygen atoms in total. The van der Waals surface area contributed by atoms with E-state index in [9.17, 15) is 13.2 Å². The maximum absolute atomic E-state index is 12.2. The van der Waals surface area contributed by atoms with E-state index < -0.39 is 12.6 Å². The lowest BCUT2D eigenvalue weighted by atomic mass is 10.3. The van der Waals surface area contributed by atoms with Crippen LogP contribution in [0.3, 0.4) is 0 Å². The molecule has 0 spiro atoms. The third kappa shape index (κ3) is 7.76. The number of para-hydroxylation sites is 1. The second-order valence-electron chi connectivity index (χ2n) is 5.12. The first-order valence-corrected chi connectivity index (χ1v) is 7.66. The molecule has 0 unspecified atom stereocenters. The number of hydrogen-bond acceptors (Lipinski definition) is 2. The van der Waals surface area contributed by atoms with Crippen LogP contribution in [0, 0.1) is 0 Å². The summed E-state index contributed by atoms with van der Waals surface area (Å²) in [6, 6.07) is 9.63. The van der Waals surface area contributed by atoms with Crippen molar-refractivity contribution >= 4 is 29.9 Å². The number of aromatic nitrogens is 2. The first-order valence-electron chi connectivity index (χ1n) is 7.66. The third-order valence-corrected chi connectivity index (χ3v) is 3.12. The van der Waals surface area contributed by atoms with E-state index in [1.807, 2.05) is 43.5 Å². The SMILES string of the molecule is CCNC(=NCc1cnn(-c2ccccc2)c1)NCCC(F)(F)F.I. The monoisotopic (exact) mass is 467 g/mol. The zero-order valence-corrected chi connectivity index (χ0v) is 16.1. The molecule has 1 aromatic carbocycles. The van der Waals surface area contributed by atoms with Gasteiger partial charge in [-0.1, -0.05) is 18.2 Å². The lowest BCUT2D eigenvalue weighted by Crippen LogP contribution is -2.38. The molecule has 0 aliphatic carbocycles. The average molecular weight is 467 g/mol. The second-order valence-corrected chi connectivity index (χ2v) is 5.12. The van der Waals surface area contributed by atoms with E-state index in [0.29, 0.717) is 19.0 Å². The largest absolute Gasteiger partial charge is 0.390 e. The molecule has 0 atom stereocenters. The molecular weight excluding hydrogens is 446 g/mol. The van der Waals surface area contributed by atoms with Crippen molar-refractivity contribution in [1.29, 1.82) is 0 Å². The quantitative estimate of drug-likeness (QED) is 0.389. The fourth-order valence-electron chi connectivity index (χ4n) is 2.00. The smallest absolute Gasteiger partial charge is 0.357 e. The number of guanidine groups is 1. The van der Waals surface area contributed by atoms with E-state index in [-0.39, 0.29) is 30.5 Å². The molecule has 1 heterocycles. The Hall–Kier alpha value is -1.78. The van der Waals surface area contributed by atoms with Gasteiger partial charge in [-0.25, -0.2) is 9.67 Å². The molecule has 0 amide bonds. The van der Waals surface area contributed by atoms with Gasteiger partial charge in [0.05, 0.1) is 24.8 Å². The highest BCUT2D eigenvalue weighted by molar-refractivity contribution is 14.0. The third-order valence-electron chi connectivity index (χ3n) is 3.12. The molecule has 0 saturated heterocycles. The molecule has 1 aromatic heterocycles. The molecule has 138 valence electrons. The van der Waals surface area contributed by atoms with Crippen LogP contribution in [0.5, 0.6) is 0 Å². The highest BCUT2D eigenvalue weighted by Crippen LogP contribution is 2.18. The zero-order chi connectivity index (χ0) is 17.4. The predicted octanol–water partition coefficient (Wildman–Crippen LogP) is 3.50. The number of alkyl halides is 3. The minimum atomic E-state index is -4.18. The molecule has 0 saturated carbocycles. The molecule has 2 aromatic rings. The maximum atomic E-state index is 12.2. The van der Waals surface area contributed by atoms with Gasteiger partial charge in [0.2, 0.25) is 0 Å². The predicted molar refractivity (Wildman–Crippen MR) is 102 cm³/mol. The van der Waals surface area contributed by atoms with Gasteiger partial charge in [-0.15, -0.1) is 24.0 Å². The number of hydrogen-bond donors (Lipinski definition) is 2. The first kappa shape index (κ1) is 21.3. The van der Waals surface area contributed by atoms with Crippen LogP contribution in [0.4, 0.5) is 13.2 Å². The summed E-state index contributed by atoms with van der Waals surface area (Å²) < 4.78 is 38.3. The number of rotatable bonds is 6. The maximum Gasteiger partial charge on any atom is 0.390 e. The Morgan fingerprint density at radius 1 is 1.20 bits per heavy atom. The van der Waals surface area contributed by atoms with E-state index in [4.69, 9.17) is 0 Å². The summed E-state index contributed by atoms with van der Waals surface area (Å²) in [5.74, 6) is 0.356. The number of nitrogens with zero attached hydrogens (tertiary/aromatic N) is 3. The Balaban J connectivity index is 0.00000312. The van der Waals surface area contributed by atoms with Gasteiger partial charge < -0.3 is 10.6 Å². The summed E-state index contributed by atoms with van der Waals surface area (Å²) in [7, 11) is 0. The van der Waals surface area contributed by atoms with Crippen molar-refractivity contribution in [3.8, 4) is 5.69 Å². The van der Waals surface area contributed by atoms with E-state index in [1.165, 1.54) is 0 Å². The molecular formula is C16H21F3IN5. The number of aliphatic imine (C=N–C) groups is 1. The van der Waals surface area contributed by atoms with Crippen molar-refractivity contribution in [3.63, 3.8) is 0 Å². The Morgan fingerprint density at radius 3 is 2.56 bits per heavy atom. The lowest BCUT2D eigenvalue weighted by molar-refractivity contribution is -0.132. The van der Waals surface area contributed by atoms with Crippen LogP contribution in [0.15, 0.2) is 47.7 Å². The highest BCUT2D eigenvalue weighted by atomic mass is 127. The standard InChI is InChI=1S/C16H20F3N5.HI/c1-2-20-15(21-9-8-16(17,18)19)22-10-13-11-23-24(12-13)14-6-4-3-5-7-14;/h3-7,11-12H,2,8-10H2,1H3,(H2,20,21,22);1H. The van der Waals surface area contributed by atoms with Crippen LogP contribution in [-0.2, 0) is 6.54 Å². The first-order chi connectivity index (χ1) is 11.5. The van der Waals surface area contributed by atoms with Gasteiger partial charge >= 0.3 is 6.18 Å². The fourth-order valence-corrected chi connectivity index (χ4v) is 2.00. The summed E-state index contributed by atoms with van der Waals surface area (Å²) >= 11 is 0. The van der Waals surface area contributed by atoms with Crippen LogP contribution >= 0.6 is 24.0 Å². The number of halogens is 4. The minimum absolute atomic E-state index is 0. The summed E-state index contributed by atoms with van der Waals surface area (Å²) in [6.45, 7) is 2.54. The molecule has 0 radical (unpaired) electrons. The Morgan fingerprint density at radius 2 is 1.92 bits per heavy atom. The van der Waals surface area contributed by atoms with E-state index in [1.54, 1.807) is 10.9 Å². The van der Waals surface area contributed by atoms with Crippen LogP contribution in [0.1, 0.15) is 18.9 Å². The summed E-state index contributed by atoms with van der Waals surface area (Å²) in [5, 5.41) is 9.86. The fraction of sp³-hybridized carbons (Fsp3) is 0.375. The van der Waals surface area contributed by atoms with Gasteiger partial charge in [-0.05, 0) is 19.1 Å². The molecule has 0 aliphatic heterocycles. The van der Waals surface area contributed by atoms with Crippen LogP contribution in [0.2, 0.25) is 0 Å². The Kier molecular flexibility index (Phi) is 8.73. The Labute approximate surface area is 161 Å². The molecule has 25 heavy (non-hydrogen) atoms. The zero-order valence-electron chi connectivity index (χ0n) is 13.8. The molecule has 2 rings (SSSR count). The van der Waals surface area contributed by atoms with Gasteiger partial charge in [0, 0.05) is 24.8 Å². The molecule has 9 heteroatoms. The van der Waals surface area contributed by atoms with Gasteiger partial charge in [0.15, 0.2) is 5.96 Å².